The number of halogens is 2. The van der Waals surface area contributed by atoms with Crippen molar-refractivity contribution in [1.82, 2.24) is 4.90 Å². The van der Waals surface area contributed by atoms with Gasteiger partial charge in [-0.15, -0.1) is 0 Å². The number of piperidine rings is 1. The molecule has 0 amide bonds. The van der Waals surface area contributed by atoms with Crippen LogP contribution in [0.5, 0.6) is 0 Å². The zero-order valence-corrected chi connectivity index (χ0v) is 11.4. The van der Waals surface area contributed by atoms with Crippen molar-refractivity contribution in [3.8, 4) is 0 Å². The number of alkyl halides is 2. The SMILES string of the molecule is OCCC1CCN(C(I)I)CC1. The molecule has 0 aromatic carbocycles. The van der Waals surface area contributed by atoms with E-state index in [4.69, 9.17) is 5.11 Å². The van der Waals surface area contributed by atoms with Crippen LogP contribution in [-0.4, -0.2) is 31.8 Å². The summed E-state index contributed by atoms with van der Waals surface area (Å²) in [7, 11) is 0. The van der Waals surface area contributed by atoms with Gasteiger partial charge in [0.15, 0.2) is 0 Å². The Kier molecular flexibility index (Phi) is 5.70. The molecule has 0 aromatic rings. The van der Waals surface area contributed by atoms with Gasteiger partial charge in [0.2, 0.25) is 0 Å². The van der Waals surface area contributed by atoms with Gasteiger partial charge in [0.1, 0.15) is 2.06 Å². The lowest BCUT2D eigenvalue weighted by molar-refractivity contribution is 0.175. The summed E-state index contributed by atoms with van der Waals surface area (Å²) in [4.78, 5) is 2.50. The summed E-state index contributed by atoms with van der Waals surface area (Å²) >= 11 is 4.91. The first-order chi connectivity index (χ1) is 5.74. The maximum atomic E-state index is 8.78. The van der Waals surface area contributed by atoms with E-state index in [0.29, 0.717) is 8.66 Å². The first kappa shape index (κ1) is 11.5. The minimum absolute atomic E-state index is 0.364. The fraction of sp³-hybridized carbons (Fsp3) is 1.00. The molecular weight excluding hydrogens is 380 g/mol. The van der Waals surface area contributed by atoms with Crippen LogP contribution in [0.1, 0.15) is 19.3 Å². The number of nitrogens with zero attached hydrogens (tertiary/aromatic N) is 1. The van der Waals surface area contributed by atoms with Crippen LogP contribution in [0, 0.1) is 5.92 Å². The van der Waals surface area contributed by atoms with E-state index in [1.165, 1.54) is 25.9 Å². The monoisotopic (exact) mass is 395 g/mol. The molecule has 0 spiro atoms. The third-order valence-electron chi connectivity index (χ3n) is 2.46. The molecule has 1 saturated heterocycles. The van der Waals surface area contributed by atoms with E-state index in [0.717, 1.165) is 12.3 Å². The lowest BCUT2D eigenvalue weighted by Crippen LogP contribution is -2.36. The fourth-order valence-corrected chi connectivity index (χ4v) is 2.73. The van der Waals surface area contributed by atoms with E-state index in [1.54, 1.807) is 0 Å². The largest absolute Gasteiger partial charge is 0.396 e. The predicted octanol–water partition coefficient (Wildman–Crippen LogP) is 2.23. The van der Waals surface area contributed by atoms with Gasteiger partial charge in [-0.2, -0.15) is 0 Å². The maximum absolute atomic E-state index is 8.78. The molecule has 1 aliphatic heterocycles. The molecule has 1 rings (SSSR count). The molecular formula is C8H15I2NO. The van der Waals surface area contributed by atoms with Crippen molar-refractivity contribution in [3.63, 3.8) is 0 Å². The molecule has 1 aliphatic rings. The lowest BCUT2D eigenvalue weighted by Gasteiger charge is -2.32. The summed E-state index contributed by atoms with van der Waals surface area (Å²) in [6, 6.07) is 0. The second-order valence-electron chi connectivity index (χ2n) is 3.27. The Hall–Kier alpha value is 1.38. The second kappa shape index (κ2) is 5.98. The van der Waals surface area contributed by atoms with Gasteiger partial charge in [-0.3, -0.25) is 4.90 Å². The van der Waals surface area contributed by atoms with Crippen LogP contribution < -0.4 is 0 Å². The standard InChI is InChI=1S/C8H15I2NO/c9-8(10)11-4-1-7(2-5-11)3-6-12/h7-8,12H,1-6H2. The Labute approximate surface area is 101 Å². The van der Waals surface area contributed by atoms with Crippen LogP contribution in [0.2, 0.25) is 0 Å². The molecule has 0 aliphatic carbocycles. The number of rotatable bonds is 3. The summed E-state index contributed by atoms with van der Waals surface area (Å²) in [5.41, 5.74) is 0. The molecule has 1 heterocycles. The number of likely N-dealkylation sites (tertiary alicyclic amines) is 1. The van der Waals surface area contributed by atoms with Crippen LogP contribution >= 0.6 is 45.2 Å². The van der Waals surface area contributed by atoms with Gasteiger partial charge < -0.3 is 5.11 Å². The van der Waals surface area contributed by atoms with Crippen molar-refractivity contribution in [2.24, 2.45) is 5.92 Å². The van der Waals surface area contributed by atoms with Crippen LogP contribution in [0.25, 0.3) is 0 Å². The first-order valence-corrected chi connectivity index (χ1v) is 6.86. The van der Waals surface area contributed by atoms with Gasteiger partial charge in [0.25, 0.3) is 0 Å². The molecule has 0 radical (unpaired) electrons. The minimum Gasteiger partial charge on any atom is -0.396 e. The van der Waals surface area contributed by atoms with Crippen LogP contribution in [0.4, 0.5) is 0 Å². The van der Waals surface area contributed by atoms with Crippen LogP contribution in [0.15, 0.2) is 0 Å². The lowest BCUT2D eigenvalue weighted by atomic mass is 9.94. The summed E-state index contributed by atoms with van der Waals surface area (Å²) in [5.74, 6) is 0.776. The predicted molar refractivity (Wildman–Crippen MR) is 67.8 cm³/mol. The third-order valence-corrected chi connectivity index (χ3v) is 4.04. The number of aliphatic hydroxyl groups excluding tert-OH is 1. The van der Waals surface area contributed by atoms with Crippen LogP contribution in [-0.2, 0) is 0 Å². The van der Waals surface area contributed by atoms with Gasteiger partial charge in [-0.25, -0.2) is 0 Å². The van der Waals surface area contributed by atoms with Crippen molar-refractivity contribution >= 4 is 45.2 Å². The molecule has 0 aromatic heterocycles. The minimum atomic E-state index is 0.364. The Morgan fingerprint density at radius 2 is 1.92 bits per heavy atom. The fourth-order valence-electron chi connectivity index (χ4n) is 1.62. The molecule has 12 heavy (non-hydrogen) atoms. The highest BCUT2D eigenvalue weighted by Gasteiger charge is 2.21. The molecule has 1 N–H and O–H groups in total. The number of aliphatic hydroxyl groups is 1. The second-order valence-corrected chi connectivity index (χ2v) is 8.01. The maximum Gasteiger partial charge on any atom is 0.114 e. The molecule has 0 unspecified atom stereocenters. The summed E-state index contributed by atoms with van der Waals surface area (Å²) in [5, 5.41) is 8.78. The summed E-state index contributed by atoms with van der Waals surface area (Å²) < 4.78 is 0.635. The van der Waals surface area contributed by atoms with Gasteiger partial charge in [0.05, 0.1) is 0 Å². The summed E-state index contributed by atoms with van der Waals surface area (Å²) in [6.07, 6.45) is 3.53. The number of hydrogen-bond donors (Lipinski definition) is 1. The molecule has 1 fully saturated rings. The van der Waals surface area contributed by atoms with E-state index in [1.807, 2.05) is 0 Å². The Balaban J connectivity index is 2.20. The molecule has 0 atom stereocenters. The molecule has 72 valence electrons. The van der Waals surface area contributed by atoms with Gasteiger partial charge in [0, 0.05) is 19.7 Å². The molecule has 2 nitrogen and oxygen atoms in total. The van der Waals surface area contributed by atoms with Crippen LogP contribution in [0.3, 0.4) is 0 Å². The average Bonchev–Trinajstić information content (AvgIpc) is 2.06. The zero-order valence-electron chi connectivity index (χ0n) is 7.05. The van der Waals surface area contributed by atoms with Gasteiger partial charge in [-0.05, 0) is 25.2 Å². The van der Waals surface area contributed by atoms with Gasteiger partial charge in [-0.1, -0.05) is 45.2 Å². The van der Waals surface area contributed by atoms with Crippen molar-refractivity contribution in [2.45, 2.75) is 21.3 Å². The Morgan fingerprint density at radius 3 is 2.33 bits per heavy atom. The highest BCUT2D eigenvalue weighted by Crippen LogP contribution is 2.25. The smallest absolute Gasteiger partial charge is 0.114 e. The van der Waals surface area contributed by atoms with Gasteiger partial charge >= 0.3 is 0 Å². The normalized spacial score (nSPS) is 22.0. The van der Waals surface area contributed by atoms with Crippen molar-refractivity contribution in [3.05, 3.63) is 0 Å². The first-order valence-electron chi connectivity index (χ1n) is 4.37. The quantitative estimate of drug-likeness (QED) is 0.451. The highest BCUT2D eigenvalue weighted by atomic mass is 127. The number of hydrogen-bond acceptors (Lipinski definition) is 2. The van der Waals surface area contributed by atoms with Crippen molar-refractivity contribution < 1.29 is 5.11 Å². The van der Waals surface area contributed by atoms with E-state index in [9.17, 15) is 0 Å². The van der Waals surface area contributed by atoms with E-state index in [2.05, 4.69) is 50.1 Å². The van der Waals surface area contributed by atoms with E-state index < -0.39 is 0 Å². The highest BCUT2D eigenvalue weighted by molar-refractivity contribution is 14.2. The topological polar surface area (TPSA) is 23.5 Å². The third kappa shape index (κ3) is 3.63. The zero-order chi connectivity index (χ0) is 8.97. The van der Waals surface area contributed by atoms with Crippen molar-refractivity contribution in [2.75, 3.05) is 19.7 Å². The Morgan fingerprint density at radius 1 is 1.33 bits per heavy atom. The average molecular weight is 395 g/mol. The van der Waals surface area contributed by atoms with Crippen molar-refractivity contribution in [1.29, 1.82) is 0 Å². The van der Waals surface area contributed by atoms with E-state index in [-0.39, 0.29) is 0 Å². The molecule has 4 heteroatoms. The Bertz CT molecular complexity index is 124. The molecule has 0 bridgehead atoms. The summed E-state index contributed by atoms with van der Waals surface area (Å²) in [6.45, 7) is 2.78. The van der Waals surface area contributed by atoms with E-state index >= 15 is 0 Å². The molecule has 0 saturated carbocycles.